The summed E-state index contributed by atoms with van der Waals surface area (Å²) >= 11 is 0. The van der Waals surface area contributed by atoms with Gasteiger partial charge in [0.25, 0.3) is 0 Å². The summed E-state index contributed by atoms with van der Waals surface area (Å²) in [6.45, 7) is 5.30. The van der Waals surface area contributed by atoms with Gasteiger partial charge in [0.2, 0.25) is 0 Å². The summed E-state index contributed by atoms with van der Waals surface area (Å²) in [5, 5.41) is 5.23. The van der Waals surface area contributed by atoms with E-state index in [1.165, 1.54) is 17.0 Å². The summed E-state index contributed by atoms with van der Waals surface area (Å²) < 4.78 is 18.6. The van der Waals surface area contributed by atoms with Crippen LogP contribution in [0.4, 0.5) is 14.9 Å². The van der Waals surface area contributed by atoms with E-state index in [2.05, 4.69) is 10.6 Å². The highest BCUT2D eigenvalue weighted by Gasteiger charge is 2.13. The van der Waals surface area contributed by atoms with Gasteiger partial charge in [0.05, 0.1) is 25.4 Å². The Balaban J connectivity index is 1.61. The van der Waals surface area contributed by atoms with Crippen LogP contribution in [-0.4, -0.2) is 45.4 Å². The van der Waals surface area contributed by atoms with E-state index in [0.29, 0.717) is 6.54 Å². The Kier molecular flexibility index (Phi) is 5.76. The molecule has 1 aromatic carbocycles. The van der Waals surface area contributed by atoms with Crippen molar-refractivity contribution in [2.75, 3.05) is 44.7 Å². The van der Waals surface area contributed by atoms with Crippen molar-refractivity contribution in [2.45, 2.75) is 6.42 Å². The van der Waals surface area contributed by atoms with Gasteiger partial charge >= 0.3 is 6.03 Å². The molecule has 1 aliphatic heterocycles. The molecule has 2 amide bonds. The Labute approximate surface area is 118 Å². The fourth-order valence-electron chi connectivity index (χ4n) is 2.18. The lowest BCUT2D eigenvalue weighted by molar-refractivity contribution is -0.908. The number of para-hydroxylation sites is 1. The summed E-state index contributed by atoms with van der Waals surface area (Å²) in [6, 6.07) is 5.75. The van der Waals surface area contributed by atoms with E-state index in [4.69, 9.17) is 4.74 Å². The van der Waals surface area contributed by atoms with Crippen LogP contribution in [0.25, 0.3) is 0 Å². The van der Waals surface area contributed by atoms with Crippen LogP contribution >= 0.6 is 0 Å². The summed E-state index contributed by atoms with van der Waals surface area (Å²) in [5.74, 6) is -0.430. The monoisotopic (exact) mass is 282 g/mol. The minimum Gasteiger partial charge on any atom is -0.370 e. The van der Waals surface area contributed by atoms with Gasteiger partial charge in [-0.1, -0.05) is 12.1 Å². The van der Waals surface area contributed by atoms with E-state index in [1.54, 1.807) is 12.1 Å². The lowest BCUT2D eigenvalue weighted by Crippen LogP contribution is -3.14. The van der Waals surface area contributed by atoms with Gasteiger partial charge in [0.15, 0.2) is 0 Å². The molecule has 1 aromatic rings. The Hall–Kier alpha value is -1.66. The fraction of sp³-hybridized carbons (Fsp3) is 0.500. The van der Waals surface area contributed by atoms with Crippen LogP contribution in [0.1, 0.15) is 6.42 Å². The number of hydrogen-bond acceptors (Lipinski definition) is 2. The van der Waals surface area contributed by atoms with Crippen molar-refractivity contribution >= 4 is 11.7 Å². The molecule has 110 valence electrons. The van der Waals surface area contributed by atoms with Crippen molar-refractivity contribution in [3.8, 4) is 0 Å². The number of anilines is 1. The molecule has 0 atom stereocenters. The molecule has 1 fully saturated rings. The lowest BCUT2D eigenvalue weighted by Gasteiger charge is -2.23. The number of hydrogen-bond donors (Lipinski definition) is 3. The second kappa shape index (κ2) is 7.81. The molecular weight excluding hydrogens is 261 g/mol. The van der Waals surface area contributed by atoms with Gasteiger partial charge in [0, 0.05) is 13.0 Å². The number of morpholine rings is 1. The number of quaternary nitrogens is 1. The fourth-order valence-corrected chi connectivity index (χ4v) is 2.18. The molecule has 0 aliphatic carbocycles. The van der Waals surface area contributed by atoms with Crippen molar-refractivity contribution in [3.05, 3.63) is 30.1 Å². The first-order chi connectivity index (χ1) is 9.75. The van der Waals surface area contributed by atoms with Crippen LogP contribution in [0.2, 0.25) is 0 Å². The summed E-state index contributed by atoms with van der Waals surface area (Å²) in [6.07, 6.45) is 0.903. The van der Waals surface area contributed by atoms with Gasteiger partial charge in [-0.15, -0.1) is 0 Å². The highest BCUT2D eigenvalue weighted by molar-refractivity contribution is 5.89. The maximum Gasteiger partial charge on any atom is 0.319 e. The molecule has 3 N–H and O–H groups in total. The second-order valence-corrected chi connectivity index (χ2v) is 4.83. The smallest absolute Gasteiger partial charge is 0.319 e. The Bertz CT molecular complexity index is 436. The predicted octanol–water partition coefficient (Wildman–Crippen LogP) is 0.252. The van der Waals surface area contributed by atoms with Crippen LogP contribution in [0.3, 0.4) is 0 Å². The quantitative estimate of drug-likeness (QED) is 0.678. The number of amides is 2. The maximum absolute atomic E-state index is 13.3. The van der Waals surface area contributed by atoms with Crippen LogP contribution in [0.5, 0.6) is 0 Å². The molecule has 1 saturated heterocycles. The Morgan fingerprint density at radius 2 is 2.05 bits per heavy atom. The van der Waals surface area contributed by atoms with Gasteiger partial charge in [-0.3, -0.25) is 0 Å². The minimum absolute atomic E-state index is 0.198. The van der Waals surface area contributed by atoms with Gasteiger partial charge in [-0.25, -0.2) is 9.18 Å². The molecule has 0 radical (unpaired) electrons. The van der Waals surface area contributed by atoms with Gasteiger partial charge < -0.3 is 20.3 Å². The van der Waals surface area contributed by atoms with Gasteiger partial charge in [0.1, 0.15) is 18.9 Å². The van der Waals surface area contributed by atoms with E-state index in [1.807, 2.05) is 0 Å². The third-order valence-corrected chi connectivity index (χ3v) is 3.31. The first kappa shape index (κ1) is 14.7. The van der Waals surface area contributed by atoms with Crippen molar-refractivity contribution < 1.29 is 18.8 Å². The number of ether oxygens (including phenoxy) is 1. The molecule has 0 saturated carbocycles. The molecule has 20 heavy (non-hydrogen) atoms. The third kappa shape index (κ3) is 4.79. The predicted molar refractivity (Wildman–Crippen MR) is 74.4 cm³/mol. The average Bonchev–Trinajstić information content (AvgIpc) is 2.47. The molecule has 1 heterocycles. The van der Waals surface area contributed by atoms with Crippen molar-refractivity contribution in [1.29, 1.82) is 0 Å². The highest BCUT2D eigenvalue weighted by Crippen LogP contribution is 2.11. The zero-order valence-electron chi connectivity index (χ0n) is 11.5. The van der Waals surface area contributed by atoms with Crippen LogP contribution in [0, 0.1) is 5.82 Å². The topological polar surface area (TPSA) is 54.8 Å². The average molecular weight is 282 g/mol. The molecule has 5 nitrogen and oxygen atoms in total. The second-order valence-electron chi connectivity index (χ2n) is 4.83. The Morgan fingerprint density at radius 3 is 2.80 bits per heavy atom. The van der Waals surface area contributed by atoms with E-state index in [9.17, 15) is 9.18 Å². The number of urea groups is 1. The van der Waals surface area contributed by atoms with E-state index in [-0.39, 0.29) is 11.7 Å². The maximum atomic E-state index is 13.3. The molecule has 0 unspecified atom stereocenters. The standard InChI is InChI=1S/C14H20FN3O2/c15-12-4-1-2-5-13(12)17-14(19)16-6-3-7-18-8-10-20-11-9-18/h1-2,4-5H,3,6-11H2,(H2,16,17,19)/p+1. The van der Waals surface area contributed by atoms with Gasteiger partial charge in [-0.05, 0) is 12.1 Å². The first-order valence-corrected chi connectivity index (χ1v) is 6.96. The first-order valence-electron chi connectivity index (χ1n) is 6.96. The number of nitrogens with one attached hydrogen (secondary N) is 3. The summed E-state index contributed by atoms with van der Waals surface area (Å²) in [4.78, 5) is 13.1. The van der Waals surface area contributed by atoms with Crippen molar-refractivity contribution in [1.82, 2.24) is 5.32 Å². The summed E-state index contributed by atoms with van der Waals surface area (Å²) in [7, 11) is 0. The van der Waals surface area contributed by atoms with Crippen LogP contribution in [0.15, 0.2) is 24.3 Å². The molecule has 1 aliphatic rings. The highest BCUT2D eigenvalue weighted by atomic mass is 19.1. The van der Waals surface area contributed by atoms with Crippen molar-refractivity contribution in [2.24, 2.45) is 0 Å². The van der Waals surface area contributed by atoms with E-state index in [0.717, 1.165) is 39.3 Å². The zero-order valence-corrected chi connectivity index (χ0v) is 11.5. The Morgan fingerprint density at radius 1 is 1.30 bits per heavy atom. The molecule has 2 rings (SSSR count). The number of carbonyl (C=O) groups is 1. The molecule has 6 heteroatoms. The number of halogens is 1. The zero-order chi connectivity index (χ0) is 14.2. The molecule has 0 bridgehead atoms. The molecule has 0 spiro atoms. The molecular formula is C14H21FN3O2+. The third-order valence-electron chi connectivity index (χ3n) is 3.31. The molecule has 0 aromatic heterocycles. The normalized spacial score (nSPS) is 15.8. The number of carbonyl (C=O) groups excluding carboxylic acids is 1. The van der Waals surface area contributed by atoms with Crippen molar-refractivity contribution in [3.63, 3.8) is 0 Å². The number of rotatable bonds is 5. The van der Waals surface area contributed by atoms with E-state index < -0.39 is 5.82 Å². The largest absolute Gasteiger partial charge is 0.370 e. The van der Waals surface area contributed by atoms with Crippen LogP contribution < -0.4 is 15.5 Å². The van der Waals surface area contributed by atoms with E-state index >= 15 is 0 Å². The minimum atomic E-state index is -0.430. The number of benzene rings is 1. The lowest BCUT2D eigenvalue weighted by atomic mass is 10.3. The van der Waals surface area contributed by atoms with Crippen LogP contribution in [-0.2, 0) is 4.74 Å². The summed E-state index contributed by atoms with van der Waals surface area (Å²) in [5.41, 5.74) is 0.198. The SMILES string of the molecule is O=C(NCCC[NH+]1CCOCC1)Nc1ccccc1F. The van der Waals surface area contributed by atoms with Gasteiger partial charge in [-0.2, -0.15) is 0 Å².